The van der Waals surface area contributed by atoms with E-state index in [1.807, 2.05) is 18.3 Å². The summed E-state index contributed by atoms with van der Waals surface area (Å²) in [5.41, 5.74) is 6.48. The first-order chi connectivity index (χ1) is 11.2. The van der Waals surface area contributed by atoms with Gasteiger partial charge in [0, 0.05) is 32.8 Å². The number of nitrogens with one attached hydrogen (secondary N) is 1. The van der Waals surface area contributed by atoms with Crippen molar-refractivity contribution < 1.29 is 9.53 Å². The number of ether oxygens (including phenoxy) is 1. The van der Waals surface area contributed by atoms with Gasteiger partial charge in [0.25, 0.3) is 0 Å². The highest BCUT2D eigenvalue weighted by Gasteiger charge is 2.38. The molecule has 25 heavy (non-hydrogen) atoms. The number of carbonyl (C=O) groups excluding carboxylic acids is 1. The van der Waals surface area contributed by atoms with Gasteiger partial charge in [-0.3, -0.25) is 4.79 Å². The molecule has 0 unspecified atom stereocenters. The van der Waals surface area contributed by atoms with Gasteiger partial charge in [-0.25, -0.2) is 4.98 Å². The maximum Gasteiger partial charge on any atom is 0.233 e. The Balaban J connectivity index is 0.00000156. The van der Waals surface area contributed by atoms with Gasteiger partial charge >= 0.3 is 0 Å². The van der Waals surface area contributed by atoms with Crippen molar-refractivity contribution >= 4 is 42.2 Å². The molecule has 2 fully saturated rings. The molecule has 0 aliphatic carbocycles. The van der Waals surface area contributed by atoms with Crippen LogP contribution in [0.5, 0.6) is 0 Å². The van der Waals surface area contributed by atoms with Gasteiger partial charge in [0.15, 0.2) is 0 Å². The van der Waals surface area contributed by atoms with Crippen molar-refractivity contribution in [1.82, 2.24) is 4.98 Å². The van der Waals surface area contributed by atoms with Gasteiger partial charge < -0.3 is 20.7 Å². The number of carbonyl (C=O) groups is 1. The van der Waals surface area contributed by atoms with E-state index in [1.165, 1.54) is 19.3 Å². The van der Waals surface area contributed by atoms with E-state index in [0.717, 1.165) is 18.8 Å². The van der Waals surface area contributed by atoms with E-state index in [9.17, 15) is 4.79 Å². The van der Waals surface area contributed by atoms with Gasteiger partial charge in [-0.1, -0.05) is 0 Å². The molecule has 2 aliphatic heterocycles. The zero-order chi connectivity index (χ0) is 16.1. The van der Waals surface area contributed by atoms with Crippen LogP contribution in [-0.4, -0.2) is 43.7 Å². The SMILES string of the molecule is Cl.Cl.NCC1(C(=O)Nc2ccc(N3CCCCC3)cn2)CCOCC1. The van der Waals surface area contributed by atoms with E-state index < -0.39 is 5.41 Å². The topological polar surface area (TPSA) is 80.5 Å². The Morgan fingerprint density at radius 3 is 2.44 bits per heavy atom. The van der Waals surface area contributed by atoms with Crippen LogP contribution in [0.2, 0.25) is 0 Å². The fourth-order valence-electron chi connectivity index (χ4n) is 3.33. The van der Waals surface area contributed by atoms with E-state index in [0.29, 0.717) is 38.4 Å². The number of hydrogen-bond donors (Lipinski definition) is 2. The molecule has 3 rings (SSSR count). The van der Waals surface area contributed by atoms with Gasteiger partial charge in [0.05, 0.1) is 17.3 Å². The lowest BCUT2D eigenvalue weighted by atomic mass is 9.79. The van der Waals surface area contributed by atoms with Gasteiger partial charge in [0.2, 0.25) is 5.91 Å². The number of rotatable bonds is 4. The average molecular weight is 391 g/mol. The summed E-state index contributed by atoms with van der Waals surface area (Å²) in [7, 11) is 0. The zero-order valence-corrected chi connectivity index (χ0v) is 16.0. The van der Waals surface area contributed by atoms with E-state index in [1.54, 1.807) is 0 Å². The summed E-state index contributed by atoms with van der Waals surface area (Å²) < 4.78 is 5.35. The summed E-state index contributed by atoms with van der Waals surface area (Å²) in [5.74, 6) is 0.552. The number of piperidine rings is 1. The number of halogens is 2. The standard InChI is InChI=1S/C17H26N4O2.2ClH/c18-13-17(6-10-23-11-7-17)16(22)20-15-5-4-14(12-19-15)21-8-2-1-3-9-21;;/h4-5,12H,1-3,6-11,13,18H2,(H,19,20,22);2*1H. The second-order valence-corrected chi connectivity index (χ2v) is 6.50. The molecular formula is C17H28Cl2N4O2. The first-order valence-corrected chi connectivity index (χ1v) is 8.54. The summed E-state index contributed by atoms with van der Waals surface area (Å²) in [6, 6.07) is 3.92. The summed E-state index contributed by atoms with van der Waals surface area (Å²) in [6.07, 6.45) is 6.96. The number of aromatic nitrogens is 1. The summed E-state index contributed by atoms with van der Waals surface area (Å²) in [4.78, 5) is 19.4. The predicted octanol–water partition coefficient (Wildman–Crippen LogP) is 2.61. The smallest absolute Gasteiger partial charge is 0.233 e. The lowest BCUT2D eigenvalue weighted by Gasteiger charge is -2.34. The minimum absolute atomic E-state index is 0. The van der Waals surface area contributed by atoms with Crippen molar-refractivity contribution in [2.24, 2.45) is 11.1 Å². The van der Waals surface area contributed by atoms with E-state index >= 15 is 0 Å². The summed E-state index contributed by atoms with van der Waals surface area (Å²) >= 11 is 0. The monoisotopic (exact) mass is 390 g/mol. The first-order valence-electron chi connectivity index (χ1n) is 8.54. The van der Waals surface area contributed by atoms with Crippen LogP contribution in [0.15, 0.2) is 18.3 Å². The Bertz CT molecular complexity index is 530. The van der Waals surface area contributed by atoms with Crippen molar-refractivity contribution in [3.05, 3.63) is 18.3 Å². The lowest BCUT2D eigenvalue weighted by molar-refractivity contribution is -0.130. The third kappa shape index (κ3) is 5.20. The maximum atomic E-state index is 12.6. The van der Waals surface area contributed by atoms with E-state index in [-0.39, 0.29) is 30.7 Å². The van der Waals surface area contributed by atoms with Gasteiger partial charge in [-0.15, -0.1) is 24.8 Å². The Morgan fingerprint density at radius 1 is 1.20 bits per heavy atom. The fourth-order valence-corrected chi connectivity index (χ4v) is 3.33. The molecule has 0 radical (unpaired) electrons. The van der Waals surface area contributed by atoms with Crippen molar-refractivity contribution in [2.45, 2.75) is 32.1 Å². The van der Waals surface area contributed by atoms with Gasteiger partial charge in [0.1, 0.15) is 5.82 Å². The molecule has 2 saturated heterocycles. The molecule has 1 aromatic rings. The normalized spacial score (nSPS) is 19.3. The van der Waals surface area contributed by atoms with Crippen LogP contribution in [0.1, 0.15) is 32.1 Å². The Morgan fingerprint density at radius 2 is 1.88 bits per heavy atom. The third-order valence-corrected chi connectivity index (χ3v) is 5.03. The molecule has 0 atom stereocenters. The molecule has 3 heterocycles. The quantitative estimate of drug-likeness (QED) is 0.825. The number of anilines is 2. The lowest BCUT2D eigenvalue weighted by Crippen LogP contribution is -2.46. The highest BCUT2D eigenvalue weighted by molar-refractivity contribution is 5.95. The number of nitrogens with two attached hydrogens (primary N) is 1. The Hall–Kier alpha value is -1.08. The van der Waals surface area contributed by atoms with Crippen molar-refractivity contribution in [3.63, 3.8) is 0 Å². The van der Waals surface area contributed by atoms with Crippen LogP contribution >= 0.6 is 24.8 Å². The molecule has 142 valence electrons. The molecule has 3 N–H and O–H groups in total. The molecular weight excluding hydrogens is 363 g/mol. The summed E-state index contributed by atoms with van der Waals surface area (Å²) in [5, 5.41) is 2.93. The predicted molar refractivity (Wildman–Crippen MR) is 105 cm³/mol. The van der Waals surface area contributed by atoms with Crippen LogP contribution in [0.4, 0.5) is 11.5 Å². The minimum Gasteiger partial charge on any atom is -0.381 e. The van der Waals surface area contributed by atoms with Crippen molar-refractivity contribution in [1.29, 1.82) is 0 Å². The zero-order valence-electron chi connectivity index (χ0n) is 14.4. The fraction of sp³-hybridized carbons (Fsp3) is 0.647. The second-order valence-electron chi connectivity index (χ2n) is 6.50. The number of amides is 1. The first kappa shape index (κ1) is 22.0. The maximum absolute atomic E-state index is 12.6. The van der Waals surface area contributed by atoms with E-state index in [2.05, 4.69) is 15.2 Å². The van der Waals surface area contributed by atoms with Crippen molar-refractivity contribution in [2.75, 3.05) is 43.1 Å². The molecule has 1 aromatic heterocycles. The molecule has 1 amide bonds. The molecule has 0 saturated carbocycles. The van der Waals surface area contributed by atoms with E-state index in [4.69, 9.17) is 10.5 Å². The Kier molecular flexibility index (Phi) is 8.93. The highest BCUT2D eigenvalue weighted by atomic mass is 35.5. The van der Waals surface area contributed by atoms with Crippen LogP contribution in [0, 0.1) is 5.41 Å². The highest BCUT2D eigenvalue weighted by Crippen LogP contribution is 2.31. The number of pyridine rings is 1. The number of hydrogen-bond acceptors (Lipinski definition) is 5. The van der Waals surface area contributed by atoms with Crippen LogP contribution in [0.3, 0.4) is 0 Å². The minimum atomic E-state index is -0.522. The van der Waals surface area contributed by atoms with Crippen LogP contribution in [0.25, 0.3) is 0 Å². The average Bonchev–Trinajstić information content (AvgIpc) is 2.63. The molecule has 8 heteroatoms. The Labute approximate surface area is 161 Å². The van der Waals surface area contributed by atoms with Crippen LogP contribution < -0.4 is 16.0 Å². The van der Waals surface area contributed by atoms with Crippen molar-refractivity contribution in [3.8, 4) is 0 Å². The van der Waals surface area contributed by atoms with Gasteiger partial charge in [-0.2, -0.15) is 0 Å². The van der Waals surface area contributed by atoms with Crippen LogP contribution in [-0.2, 0) is 9.53 Å². The molecule has 0 spiro atoms. The summed E-state index contributed by atoms with van der Waals surface area (Å²) in [6.45, 7) is 3.69. The molecule has 0 bridgehead atoms. The second kappa shape index (κ2) is 10.2. The number of nitrogens with zero attached hydrogens (tertiary/aromatic N) is 2. The van der Waals surface area contributed by atoms with Gasteiger partial charge in [-0.05, 0) is 44.2 Å². The third-order valence-electron chi connectivity index (χ3n) is 5.03. The molecule has 6 nitrogen and oxygen atoms in total. The molecule has 0 aromatic carbocycles. The largest absolute Gasteiger partial charge is 0.381 e. The molecule has 2 aliphatic rings.